The molecule has 9 heteroatoms. The summed E-state index contributed by atoms with van der Waals surface area (Å²) in [4.78, 5) is 29.1. The maximum Gasteiger partial charge on any atom is 0.280 e. The third kappa shape index (κ3) is 4.00. The number of thiazole rings is 1. The molecule has 1 atom stereocenters. The number of anilines is 2. The smallest absolute Gasteiger partial charge is 0.280 e. The Hall–Kier alpha value is -2.62. The molecule has 1 aromatic carbocycles. The number of para-hydroxylation sites is 1. The molecule has 3 aromatic rings. The molecule has 0 saturated carbocycles. The number of aliphatic hydroxyl groups excluding tert-OH is 1. The van der Waals surface area contributed by atoms with E-state index in [4.69, 9.17) is 0 Å². The summed E-state index contributed by atoms with van der Waals surface area (Å²) in [6.45, 7) is 3.56. The predicted molar refractivity (Wildman–Crippen MR) is 121 cm³/mol. The third-order valence-electron chi connectivity index (χ3n) is 6.18. The molecule has 3 N–H and O–H groups in total. The number of aliphatic hydroxyl groups is 1. The van der Waals surface area contributed by atoms with E-state index in [0.29, 0.717) is 40.1 Å². The van der Waals surface area contributed by atoms with Gasteiger partial charge in [-0.3, -0.25) is 4.79 Å². The minimum absolute atomic E-state index is 0.143. The Balaban J connectivity index is 1.41. The van der Waals surface area contributed by atoms with Gasteiger partial charge in [0.25, 0.3) is 5.91 Å². The van der Waals surface area contributed by atoms with Crippen LogP contribution in [0.2, 0.25) is 0 Å². The lowest BCUT2D eigenvalue weighted by molar-refractivity contribution is 0.0944. The van der Waals surface area contributed by atoms with Gasteiger partial charge in [-0.15, -0.1) is 0 Å². The van der Waals surface area contributed by atoms with Crippen LogP contribution in [-0.4, -0.2) is 58.8 Å². The highest BCUT2D eigenvalue weighted by Gasteiger charge is 2.31. The number of rotatable bonds is 6. The van der Waals surface area contributed by atoms with Crippen LogP contribution in [0.1, 0.15) is 40.5 Å². The summed E-state index contributed by atoms with van der Waals surface area (Å²) in [6.07, 6.45) is 4.40. The number of carbonyl (C=O) groups is 1. The van der Waals surface area contributed by atoms with Crippen molar-refractivity contribution in [3.05, 3.63) is 41.2 Å². The van der Waals surface area contributed by atoms with Crippen LogP contribution in [0.5, 0.6) is 0 Å². The molecule has 1 unspecified atom stereocenters. The van der Waals surface area contributed by atoms with Crippen molar-refractivity contribution in [3.63, 3.8) is 0 Å². The van der Waals surface area contributed by atoms with Gasteiger partial charge in [0.15, 0.2) is 10.8 Å². The quantitative estimate of drug-likeness (QED) is 0.543. The zero-order valence-corrected chi connectivity index (χ0v) is 18.1. The normalized spacial score (nSPS) is 19.0. The molecule has 1 amide bonds. The lowest BCUT2D eigenvalue weighted by Gasteiger charge is -2.22. The number of carbonyl (C=O) groups excluding carboxylic acids is 1. The molecule has 31 heavy (non-hydrogen) atoms. The van der Waals surface area contributed by atoms with Crippen LogP contribution < -0.4 is 15.5 Å². The molecule has 1 saturated heterocycles. The first-order valence-electron chi connectivity index (χ1n) is 10.8. The van der Waals surface area contributed by atoms with Gasteiger partial charge < -0.3 is 20.6 Å². The molecule has 0 radical (unpaired) electrons. The minimum Gasteiger partial charge on any atom is -0.396 e. The monoisotopic (exact) mass is 438 g/mol. The minimum atomic E-state index is -0.146. The van der Waals surface area contributed by atoms with Crippen LogP contribution in [0.25, 0.3) is 10.3 Å². The number of fused-ring (bicyclic) bond motifs is 2. The summed E-state index contributed by atoms with van der Waals surface area (Å²) in [5, 5.41) is 16.3. The highest BCUT2D eigenvalue weighted by molar-refractivity contribution is 7.19. The number of benzene rings is 1. The second-order valence-corrected chi connectivity index (χ2v) is 9.13. The van der Waals surface area contributed by atoms with Crippen LogP contribution in [0, 0.1) is 5.92 Å². The molecule has 162 valence electrons. The fourth-order valence-electron chi connectivity index (χ4n) is 4.53. The molecule has 2 aliphatic rings. The molecule has 2 aliphatic heterocycles. The summed E-state index contributed by atoms with van der Waals surface area (Å²) in [5.41, 5.74) is 2.93. The second-order valence-electron chi connectivity index (χ2n) is 8.15. The first-order chi connectivity index (χ1) is 15.2. The maximum absolute atomic E-state index is 12.8. The zero-order chi connectivity index (χ0) is 21.2. The molecular formula is C22H26N6O2S. The van der Waals surface area contributed by atoms with Crippen molar-refractivity contribution < 1.29 is 9.90 Å². The third-order valence-corrected chi connectivity index (χ3v) is 7.15. The molecule has 1 fully saturated rings. The van der Waals surface area contributed by atoms with E-state index in [-0.39, 0.29) is 18.4 Å². The Morgan fingerprint density at radius 3 is 2.94 bits per heavy atom. The van der Waals surface area contributed by atoms with E-state index in [1.54, 1.807) is 0 Å². The lowest BCUT2D eigenvalue weighted by atomic mass is 9.98. The van der Waals surface area contributed by atoms with E-state index in [0.717, 1.165) is 38.2 Å². The van der Waals surface area contributed by atoms with Gasteiger partial charge in [-0.05, 0) is 49.9 Å². The zero-order valence-electron chi connectivity index (χ0n) is 17.3. The van der Waals surface area contributed by atoms with Crippen molar-refractivity contribution in [2.45, 2.75) is 25.2 Å². The number of aromatic nitrogens is 3. The lowest BCUT2D eigenvalue weighted by Crippen LogP contribution is -2.35. The Labute approximate surface area is 184 Å². The van der Waals surface area contributed by atoms with E-state index in [1.165, 1.54) is 23.2 Å². The van der Waals surface area contributed by atoms with E-state index < -0.39 is 0 Å². The summed E-state index contributed by atoms with van der Waals surface area (Å²) < 4.78 is 0. The van der Waals surface area contributed by atoms with Gasteiger partial charge in [0.1, 0.15) is 16.7 Å². The predicted octanol–water partition coefficient (Wildman–Crippen LogP) is 2.43. The SMILES string of the molecule is O=C(NCC1CCNCC1)c1nc2c(N3CC(CCO)c4ccccc43)ncnc2s1. The standard InChI is InChI=1S/C22H26N6O2S/c29-10-7-15-12-28(17-4-2-1-3-16(15)17)19-18-21(26-13-25-19)31-22(27-18)20(30)24-11-14-5-8-23-9-6-14/h1-4,13-15,23,29H,5-12H2,(H,24,30). The first kappa shape index (κ1) is 20.3. The molecule has 2 aromatic heterocycles. The Morgan fingerprint density at radius 2 is 2.10 bits per heavy atom. The first-order valence-corrected chi connectivity index (χ1v) is 11.6. The summed E-state index contributed by atoms with van der Waals surface area (Å²) in [6, 6.07) is 8.20. The van der Waals surface area contributed by atoms with Crippen LogP contribution >= 0.6 is 11.3 Å². The van der Waals surface area contributed by atoms with Crippen LogP contribution in [-0.2, 0) is 0 Å². The number of amides is 1. The van der Waals surface area contributed by atoms with Gasteiger partial charge in [-0.1, -0.05) is 29.5 Å². The van der Waals surface area contributed by atoms with Crippen molar-refractivity contribution >= 4 is 39.1 Å². The number of nitrogens with one attached hydrogen (secondary N) is 2. The van der Waals surface area contributed by atoms with Gasteiger partial charge in [-0.2, -0.15) is 0 Å². The van der Waals surface area contributed by atoms with Crippen molar-refractivity contribution in [2.75, 3.05) is 37.7 Å². The van der Waals surface area contributed by atoms with E-state index in [2.05, 4.69) is 42.6 Å². The highest BCUT2D eigenvalue weighted by atomic mass is 32.1. The largest absolute Gasteiger partial charge is 0.396 e. The van der Waals surface area contributed by atoms with Crippen LogP contribution in [0.3, 0.4) is 0 Å². The molecule has 0 aliphatic carbocycles. The van der Waals surface area contributed by atoms with E-state index in [1.807, 2.05) is 12.1 Å². The van der Waals surface area contributed by atoms with Crippen molar-refractivity contribution in [2.24, 2.45) is 5.92 Å². The molecule has 0 bridgehead atoms. The van der Waals surface area contributed by atoms with Gasteiger partial charge in [0, 0.05) is 31.3 Å². The van der Waals surface area contributed by atoms with Crippen LogP contribution in [0.15, 0.2) is 30.6 Å². The van der Waals surface area contributed by atoms with E-state index in [9.17, 15) is 9.90 Å². The van der Waals surface area contributed by atoms with Gasteiger partial charge in [-0.25, -0.2) is 15.0 Å². The van der Waals surface area contributed by atoms with Gasteiger partial charge in [0.2, 0.25) is 0 Å². The topological polar surface area (TPSA) is 103 Å². The second kappa shape index (κ2) is 8.86. The fraction of sp³-hybridized carbons (Fsp3) is 0.455. The Kier molecular flexibility index (Phi) is 5.80. The number of hydrogen-bond donors (Lipinski definition) is 3. The number of nitrogens with zero attached hydrogens (tertiary/aromatic N) is 4. The number of piperidine rings is 1. The Morgan fingerprint density at radius 1 is 1.26 bits per heavy atom. The molecule has 4 heterocycles. The summed E-state index contributed by atoms with van der Waals surface area (Å²) in [7, 11) is 0. The van der Waals surface area contributed by atoms with Crippen molar-refractivity contribution in [3.8, 4) is 0 Å². The summed E-state index contributed by atoms with van der Waals surface area (Å²) >= 11 is 1.30. The van der Waals surface area contributed by atoms with Crippen molar-refractivity contribution in [1.82, 2.24) is 25.6 Å². The van der Waals surface area contributed by atoms with Crippen molar-refractivity contribution in [1.29, 1.82) is 0 Å². The molecule has 5 rings (SSSR count). The maximum atomic E-state index is 12.8. The fourth-order valence-corrected chi connectivity index (χ4v) is 5.35. The average molecular weight is 439 g/mol. The average Bonchev–Trinajstić information content (AvgIpc) is 3.41. The van der Waals surface area contributed by atoms with E-state index >= 15 is 0 Å². The molecular weight excluding hydrogens is 412 g/mol. The molecule has 0 spiro atoms. The summed E-state index contributed by atoms with van der Waals surface area (Å²) in [5.74, 6) is 1.32. The number of hydrogen-bond acceptors (Lipinski definition) is 8. The molecule has 8 nitrogen and oxygen atoms in total. The van der Waals surface area contributed by atoms with Gasteiger partial charge >= 0.3 is 0 Å². The van der Waals surface area contributed by atoms with Gasteiger partial charge in [0.05, 0.1) is 0 Å². The van der Waals surface area contributed by atoms with Crippen LogP contribution in [0.4, 0.5) is 11.5 Å². The highest BCUT2D eigenvalue weighted by Crippen LogP contribution is 2.43. The Bertz CT molecular complexity index is 1080.